The van der Waals surface area contributed by atoms with Gasteiger partial charge in [0.15, 0.2) is 0 Å². The molecule has 1 spiro atoms. The van der Waals surface area contributed by atoms with Gasteiger partial charge in [-0.2, -0.15) is 0 Å². The molecule has 178 valence electrons. The molecule has 4 rings (SSSR count). The predicted octanol–water partition coefficient (Wildman–Crippen LogP) is 2.08. The number of fused-ring (bicyclic) bond motifs is 2. The summed E-state index contributed by atoms with van der Waals surface area (Å²) in [6, 6.07) is 13.9. The van der Waals surface area contributed by atoms with Crippen LogP contribution in [0.15, 0.2) is 48.5 Å². The lowest BCUT2D eigenvalue weighted by Crippen LogP contribution is -2.46. The standard InChI is InChI=1S/C25H28N4O5/c1-34-20-12-5-4-11-19(20)28(15-13-21(26)30)22(31)16-29-23(32)25(27-24(29)33)14-7-6-9-17-8-2-3-10-18(17)25/h2-5,8,10-12H,6-7,9,13-16H2,1H3,(H2,26,30)(H,27,33). The number of carbonyl (C=O) groups is 4. The molecule has 1 heterocycles. The predicted molar refractivity (Wildman–Crippen MR) is 125 cm³/mol. The van der Waals surface area contributed by atoms with Crippen molar-refractivity contribution in [3.8, 4) is 5.75 Å². The number of para-hydroxylation sites is 2. The second-order valence-electron chi connectivity index (χ2n) is 8.52. The van der Waals surface area contributed by atoms with E-state index >= 15 is 0 Å². The van der Waals surface area contributed by atoms with E-state index in [0.717, 1.165) is 35.3 Å². The van der Waals surface area contributed by atoms with Crippen LogP contribution in [0.4, 0.5) is 10.5 Å². The first-order valence-corrected chi connectivity index (χ1v) is 11.3. The Morgan fingerprint density at radius 2 is 1.85 bits per heavy atom. The summed E-state index contributed by atoms with van der Waals surface area (Å²) in [6.45, 7) is -0.475. The van der Waals surface area contributed by atoms with Crippen LogP contribution in [0, 0.1) is 0 Å². The molecule has 0 saturated carbocycles. The summed E-state index contributed by atoms with van der Waals surface area (Å²) < 4.78 is 5.37. The molecule has 3 N–H and O–H groups in total. The molecule has 1 aliphatic heterocycles. The highest BCUT2D eigenvalue weighted by Crippen LogP contribution is 2.39. The first-order valence-electron chi connectivity index (χ1n) is 11.3. The van der Waals surface area contributed by atoms with E-state index in [-0.39, 0.29) is 13.0 Å². The number of imide groups is 1. The van der Waals surface area contributed by atoms with Crippen molar-refractivity contribution in [1.29, 1.82) is 0 Å². The van der Waals surface area contributed by atoms with Crippen molar-refractivity contribution in [1.82, 2.24) is 10.2 Å². The first kappa shape index (κ1) is 23.3. The van der Waals surface area contributed by atoms with E-state index in [0.29, 0.717) is 17.9 Å². The highest BCUT2D eigenvalue weighted by molar-refractivity contribution is 6.11. The average molecular weight is 465 g/mol. The van der Waals surface area contributed by atoms with E-state index in [1.54, 1.807) is 24.3 Å². The van der Waals surface area contributed by atoms with Crippen molar-refractivity contribution in [2.24, 2.45) is 5.73 Å². The number of aryl methyl sites for hydroxylation is 1. The van der Waals surface area contributed by atoms with Crippen molar-refractivity contribution in [3.05, 3.63) is 59.7 Å². The molecule has 1 unspecified atom stereocenters. The zero-order valence-corrected chi connectivity index (χ0v) is 19.1. The maximum atomic E-state index is 13.7. The van der Waals surface area contributed by atoms with Crippen LogP contribution in [0.3, 0.4) is 0 Å². The molecule has 1 fully saturated rings. The van der Waals surface area contributed by atoms with Crippen molar-refractivity contribution in [3.63, 3.8) is 0 Å². The second-order valence-corrected chi connectivity index (χ2v) is 8.52. The normalized spacial score (nSPS) is 19.4. The third kappa shape index (κ3) is 4.21. The molecule has 9 nitrogen and oxygen atoms in total. The van der Waals surface area contributed by atoms with E-state index in [1.807, 2.05) is 24.3 Å². The molecule has 9 heteroatoms. The van der Waals surface area contributed by atoms with Gasteiger partial charge in [0.25, 0.3) is 5.91 Å². The maximum Gasteiger partial charge on any atom is 0.325 e. The minimum absolute atomic E-state index is 0.00777. The van der Waals surface area contributed by atoms with Crippen LogP contribution in [-0.2, 0) is 26.3 Å². The lowest BCUT2D eigenvalue weighted by molar-refractivity contribution is -0.135. The molecule has 0 bridgehead atoms. The third-order valence-electron chi connectivity index (χ3n) is 6.45. The number of nitrogens with two attached hydrogens (primary N) is 1. The number of nitrogens with zero attached hydrogens (tertiary/aromatic N) is 2. The molecule has 2 aromatic carbocycles. The Hall–Kier alpha value is -3.88. The number of carbonyl (C=O) groups excluding carboxylic acids is 4. The van der Waals surface area contributed by atoms with E-state index in [4.69, 9.17) is 10.5 Å². The summed E-state index contributed by atoms with van der Waals surface area (Å²) in [5.41, 5.74) is 6.38. The average Bonchev–Trinajstić information content (AvgIpc) is 2.96. The van der Waals surface area contributed by atoms with Crippen molar-refractivity contribution < 1.29 is 23.9 Å². The minimum atomic E-state index is -1.17. The van der Waals surface area contributed by atoms with Gasteiger partial charge in [-0.3, -0.25) is 19.3 Å². The summed E-state index contributed by atoms with van der Waals surface area (Å²) in [6.07, 6.45) is 2.90. The highest BCUT2D eigenvalue weighted by atomic mass is 16.5. The van der Waals surface area contributed by atoms with Crippen LogP contribution in [0.1, 0.15) is 36.8 Å². The van der Waals surface area contributed by atoms with Gasteiger partial charge in [0.2, 0.25) is 11.8 Å². The summed E-state index contributed by atoms with van der Waals surface area (Å²) in [5.74, 6) is -1.10. The largest absolute Gasteiger partial charge is 0.495 e. The second kappa shape index (κ2) is 9.54. The zero-order valence-electron chi connectivity index (χ0n) is 19.1. The van der Waals surface area contributed by atoms with Crippen LogP contribution in [-0.4, -0.2) is 48.9 Å². The number of hydrogen-bond acceptors (Lipinski definition) is 5. The van der Waals surface area contributed by atoms with Gasteiger partial charge in [0.05, 0.1) is 12.8 Å². The fourth-order valence-electron chi connectivity index (χ4n) is 4.79. The van der Waals surface area contributed by atoms with E-state index in [9.17, 15) is 19.2 Å². The number of benzene rings is 2. The Morgan fingerprint density at radius 1 is 1.12 bits per heavy atom. The Bertz CT molecular complexity index is 1130. The lowest BCUT2D eigenvalue weighted by Gasteiger charge is -2.28. The number of urea groups is 1. The van der Waals surface area contributed by atoms with Gasteiger partial charge in [-0.05, 0) is 48.9 Å². The molecule has 1 atom stereocenters. The molecular formula is C25H28N4O5. The first-order chi connectivity index (χ1) is 16.4. The maximum absolute atomic E-state index is 13.7. The van der Waals surface area contributed by atoms with Crippen LogP contribution in [0.25, 0.3) is 0 Å². The number of primary amides is 1. The molecule has 1 saturated heterocycles. The van der Waals surface area contributed by atoms with Crippen molar-refractivity contribution in [2.75, 3.05) is 25.1 Å². The summed E-state index contributed by atoms with van der Waals surface area (Å²) >= 11 is 0. The van der Waals surface area contributed by atoms with Gasteiger partial charge >= 0.3 is 6.03 Å². The molecule has 34 heavy (non-hydrogen) atoms. The smallest absolute Gasteiger partial charge is 0.325 e. The molecule has 2 aliphatic rings. The van der Waals surface area contributed by atoms with E-state index in [1.165, 1.54) is 12.0 Å². The van der Waals surface area contributed by atoms with Crippen LogP contribution in [0.5, 0.6) is 5.75 Å². The summed E-state index contributed by atoms with van der Waals surface area (Å²) in [4.78, 5) is 53.8. The van der Waals surface area contributed by atoms with Gasteiger partial charge in [0, 0.05) is 13.0 Å². The number of ether oxygens (including phenoxy) is 1. The van der Waals surface area contributed by atoms with E-state index in [2.05, 4.69) is 5.32 Å². The van der Waals surface area contributed by atoms with Gasteiger partial charge in [-0.25, -0.2) is 4.79 Å². The molecule has 5 amide bonds. The Balaban J connectivity index is 1.63. The van der Waals surface area contributed by atoms with Crippen molar-refractivity contribution in [2.45, 2.75) is 37.6 Å². The number of methoxy groups -OCH3 is 1. The molecule has 0 aromatic heterocycles. The number of rotatable bonds is 7. The van der Waals surface area contributed by atoms with Gasteiger partial charge < -0.3 is 20.7 Å². The topological polar surface area (TPSA) is 122 Å². The summed E-state index contributed by atoms with van der Waals surface area (Å²) in [7, 11) is 1.47. The molecule has 0 radical (unpaired) electrons. The number of amides is 5. The van der Waals surface area contributed by atoms with Crippen LogP contribution in [0.2, 0.25) is 0 Å². The highest BCUT2D eigenvalue weighted by Gasteiger charge is 2.53. The monoisotopic (exact) mass is 464 g/mol. The van der Waals surface area contributed by atoms with Crippen LogP contribution < -0.4 is 20.7 Å². The summed E-state index contributed by atoms with van der Waals surface area (Å²) in [5, 5.41) is 2.89. The lowest BCUT2D eigenvalue weighted by atomic mass is 9.84. The van der Waals surface area contributed by atoms with Gasteiger partial charge in [-0.15, -0.1) is 0 Å². The SMILES string of the molecule is COc1ccccc1N(CCC(N)=O)C(=O)CN1C(=O)NC2(CCCCc3ccccc32)C1=O. The molecule has 1 aliphatic carbocycles. The molecular weight excluding hydrogens is 436 g/mol. The fourth-order valence-corrected chi connectivity index (χ4v) is 4.79. The minimum Gasteiger partial charge on any atom is -0.495 e. The third-order valence-corrected chi connectivity index (χ3v) is 6.45. The van der Waals surface area contributed by atoms with Crippen molar-refractivity contribution >= 4 is 29.4 Å². The molecule has 2 aromatic rings. The fraction of sp³-hybridized carbons (Fsp3) is 0.360. The number of nitrogens with one attached hydrogen (secondary N) is 1. The number of hydrogen-bond donors (Lipinski definition) is 2. The Labute approximate surface area is 197 Å². The van der Waals surface area contributed by atoms with Gasteiger partial charge in [0.1, 0.15) is 17.8 Å². The Morgan fingerprint density at radius 3 is 2.62 bits per heavy atom. The van der Waals surface area contributed by atoms with E-state index < -0.39 is 35.8 Å². The van der Waals surface area contributed by atoms with Gasteiger partial charge in [-0.1, -0.05) is 36.4 Å². The number of anilines is 1. The zero-order chi connectivity index (χ0) is 24.3. The Kier molecular flexibility index (Phi) is 6.54. The van der Waals surface area contributed by atoms with Crippen LogP contribution >= 0.6 is 0 Å². The quantitative estimate of drug-likeness (QED) is 0.608.